The van der Waals surface area contributed by atoms with Crippen molar-refractivity contribution in [2.45, 2.75) is 32.2 Å². The van der Waals surface area contributed by atoms with Crippen molar-refractivity contribution in [2.75, 3.05) is 6.61 Å². The number of carbonyl (C=O) groups excluding carboxylic acids is 1. The normalized spacial score (nSPS) is 11.7. The molecule has 0 aliphatic heterocycles. The molecule has 5 nitrogen and oxygen atoms in total. The van der Waals surface area contributed by atoms with Crippen LogP contribution in [0, 0.1) is 0 Å². The lowest BCUT2D eigenvalue weighted by Crippen LogP contribution is -2.40. The second-order valence-electron chi connectivity index (χ2n) is 4.27. The smallest absolute Gasteiger partial charge is 0.326 e. The van der Waals surface area contributed by atoms with Crippen LogP contribution in [0.3, 0.4) is 0 Å². The maximum Gasteiger partial charge on any atom is 0.326 e. The molecular formula is C14H18BrNO4. The molecule has 0 bridgehead atoms. The maximum absolute atomic E-state index is 11.5. The number of ether oxygens (including phenoxy) is 1. The number of carboxylic acid groups (broad SMARTS) is 1. The minimum atomic E-state index is -1.01. The summed E-state index contributed by atoms with van der Waals surface area (Å²) in [6.45, 7) is 2.13. The van der Waals surface area contributed by atoms with Crippen molar-refractivity contribution < 1.29 is 19.4 Å². The summed E-state index contributed by atoms with van der Waals surface area (Å²) in [5.41, 5.74) is 0. The summed E-state index contributed by atoms with van der Waals surface area (Å²) in [5.74, 6) is -0.531. The molecule has 1 amide bonds. The number of carbonyl (C=O) groups is 2. The van der Waals surface area contributed by atoms with E-state index in [-0.39, 0.29) is 12.3 Å². The third-order valence-electron chi connectivity index (χ3n) is 2.67. The maximum atomic E-state index is 11.5. The van der Waals surface area contributed by atoms with Crippen LogP contribution < -0.4 is 10.1 Å². The van der Waals surface area contributed by atoms with E-state index in [2.05, 4.69) is 21.2 Å². The van der Waals surface area contributed by atoms with Crippen LogP contribution in [0.2, 0.25) is 0 Å². The summed E-state index contributed by atoms with van der Waals surface area (Å²) in [6.07, 6.45) is 1.16. The highest BCUT2D eigenvalue weighted by atomic mass is 79.9. The van der Waals surface area contributed by atoms with E-state index in [1.54, 1.807) is 6.92 Å². The van der Waals surface area contributed by atoms with Crippen molar-refractivity contribution in [2.24, 2.45) is 0 Å². The SMILES string of the molecule is CC[C@H](NC(=O)CCCOc1ccc(Br)cc1)C(=O)O. The van der Waals surface area contributed by atoms with Gasteiger partial charge in [0, 0.05) is 10.9 Å². The van der Waals surface area contributed by atoms with Gasteiger partial charge >= 0.3 is 5.97 Å². The zero-order chi connectivity index (χ0) is 15.0. The van der Waals surface area contributed by atoms with Crippen molar-refractivity contribution in [3.05, 3.63) is 28.7 Å². The molecule has 0 aromatic heterocycles. The minimum absolute atomic E-state index is 0.250. The highest BCUT2D eigenvalue weighted by molar-refractivity contribution is 9.10. The predicted molar refractivity (Wildman–Crippen MR) is 78.7 cm³/mol. The fraction of sp³-hybridized carbons (Fsp3) is 0.429. The first kappa shape index (κ1) is 16.5. The molecule has 0 radical (unpaired) electrons. The summed E-state index contributed by atoms with van der Waals surface area (Å²) >= 11 is 3.33. The third-order valence-corrected chi connectivity index (χ3v) is 3.20. The summed E-state index contributed by atoms with van der Waals surface area (Å²) in [5, 5.41) is 11.3. The lowest BCUT2D eigenvalue weighted by atomic mass is 10.2. The molecule has 0 saturated heterocycles. The molecule has 1 rings (SSSR count). The molecule has 6 heteroatoms. The second kappa shape index (κ2) is 8.58. The van der Waals surface area contributed by atoms with Crippen LogP contribution in [-0.2, 0) is 9.59 Å². The molecule has 0 aliphatic rings. The zero-order valence-corrected chi connectivity index (χ0v) is 12.9. The minimum Gasteiger partial charge on any atom is -0.494 e. The van der Waals surface area contributed by atoms with Gasteiger partial charge in [-0.05, 0) is 37.1 Å². The van der Waals surface area contributed by atoms with E-state index in [9.17, 15) is 9.59 Å². The highest BCUT2D eigenvalue weighted by Gasteiger charge is 2.16. The number of hydrogen-bond acceptors (Lipinski definition) is 3. The molecule has 0 saturated carbocycles. The fourth-order valence-electron chi connectivity index (χ4n) is 1.56. The Morgan fingerprint density at radius 1 is 1.35 bits per heavy atom. The molecule has 0 unspecified atom stereocenters. The molecule has 1 aromatic rings. The van der Waals surface area contributed by atoms with E-state index in [4.69, 9.17) is 9.84 Å². The van der Waals surface area contributed by atoms with Gasteiger partial charge in [-0.3, -0.25) is 4.79 Å². The van der Waals surface area contributed by atoms with Gasteiger partial charge < -0.3 is 15.2 Å². The van der Waals surface area contributed by atoms with Gasteiger partial charge in [0.05, 0.1) is 6.61 Å². The molecule has 2 N–H and O–H groups in total. The Hall–Kier alpha value is -1.56. The Bertz CT molecular complexity index is 447. The van der Waals surface area contributed by atoms with Crippen molar-refractivity contribution >= 4 is 27.8 Å². The van der Waals surface area contributed by atoms with E-state index in [1.807, 2.05) is 24.3 Å². The number of rotatable bonds is 8. The molecule has 0 spiro atoms. The molecule has 1 atom stereocenters. The van der Waals surface area contributed by atoms with E-state index in [0.717, 1.165) is 10.2 Å². The van der Waals surface area contributed by atoms with E-state index >= 15 is 0 Å². The summed E-state index contributed by atoms with van der Waals surface area (Å²) in [4.78, 5) is 22.3. The van der Waals surface area contributed by atoms with Gasteiger partial charge in [-0.2, -0.15) is 0 Å². The van der Waals surface area contributed by atoms with Crippen LogP contribution in [-0.4, -0.2) is 29.6 Å². The zero-order valence-electron chi connectivity index (χ0n) is 11.3. The summed E-state index contributed by atoms with van der Waals surface area (Å²) < 4.78 is 6.45. The number of carboxylic acids is 1. The van der Waals surface area contributed by atoms with Crippen LogP contribution in [0.5, 0.6) is 5.75 Å². The highest BCUT2D eigenvalue weighted by Crippen LogP contribution is 2.16. The van der Waals surface area contributed by atoms with Gasteiger partial charge in [-0.1, -0.05) is 22.9 Å². The number of hydrogen-bond donors (Lipinski definition) is 2. The molecule has 0 aliphatic carbocycles. The van der Waals surface area contributed by atoms with E-state index in [0.29, 0.717) is 19.4 Å². The van der Waals surface area contributed by atoms with Crippen LogP contribution in [0.1, 0.15) is 26.2 Å². The monoisotopic (exact) mass is 343 g/mol. The predicted octanol–water partition coefficient (Wildman–Crippen LogP) is 2.59. The molecule has 110 valence electrons. The van der Waals surface area contributed by atoms with Crippen LogP contribution >= 0.6 is 15.9 Å². The summed E-state index contributed by atoms with van der Waals surface area (Å²) in [7, 11) is 0. The van der Waals surface area contributed by atoms with Crippen molar-refractivity contribution in [3.63, 3.8) is 0 Å². The number of halogens is 1. The van der Waals surface area contributed by atoms with Crippen molar-refractivity contribution in [3.8, 4) is 5.75 Å². The second-order valence-corrected chi connectivity index (χ2v) is 5.19. The van der Waals surface area contributed by atoms with Crippen molar-refractivity contribution in [1.29, 1.82) is 0 Å². The number of amides is 1. The lowest BCUT2D eigenvalue weighted by molar-refractivity contribution is -0.141. The summed E-state index contributed by atoms with van der Waals surface area (Å²) in [6, 6.07) is 6.61. The Morgan fingerprint density at radius 3 is 2.55 bits per heavy atom. The van der Waals surface area contributed by atoms with E-state index in [1.165, 1.54) is 0 Å². The molecule has 0 heterocycles. The molecular weight excluding hydrogens is 326 g/mol. The Balaban J connectivity index is 2.22. The standard InChI is InChI=1S/C14H18BrNO4/c1-2-12(14(18)19)16-13(17)4-3-9-20-11-7-5-10(15)6-8-11/h5-8,12H,2-4,9H2,1H3,(H,16,17)(H,18,19)/t12-/m0/s1. The third kappa shape index (κ3) is 6.06. The number of aliphatic carboxylic acids is 1. The van der Waals surface area contributed by atoms with Crippen molar-refractivity contribution in [1.82, 2.24) is 5.32 Å². The van der Waals surface area contributed by atoms with Crippen LogP contribution in [0.4, 0.5) is 0 Å². The first-order valence-corrected chi connectivity index (χ1v) is 7.22. The number of benzene rings is 1. The van der Waals surface area contributed by atoms with Gasteiger partial charge in [-0.25, -0.2) is 4.79 Å². The van der Waals surface area contributed by atoms with Gasteiger partial charge in [0.15, 0.2) is 0 Å². The van der Waals surface area contributed by atoms with Gasteiger partial charge in [0.1, 0.15) is 11.8 Å². The Morgan fingerprint density at radius 2 is 2.00 bits per heavy atom. The van der Waals surface area contributed by atoms with E-state index < -0.39 is 12.0 Å². The average Bonchev–Trinajstić information content (AvgIpc) is 2.42. The van der Waals surface area contributed by atoms with Gasteiger partial charge in [0.25, 0.3) is 0 Å². The first-order valence-electron chi connectivity index (χ1n) is 6.43. The molecule has 20 heavy (non-hydrogen) atoms. The largest absolute Gasteiger partial charge is 0.494 e. The van der Waals surface area contributed by atoms with Gasteiger partial charge in [0.2, 0.25) is 5.91 Å². The van der Waals surface area contributed by atoms with Crippen LogP contribution in [0.15, 0.2) is 28.7 Å². The average molecular weight is 344 g/mol. The first-order chi connectivity index (χ1) is 9.52. The fourth-order valence-corrected chi connectivity index (χ4v) is 1.82. The quantitative estimate of drug-likeness (QED) is 0.711. The topological polar surface area (TPSA) is 75.6 Å². The Labute approximate surface area is 126 Å². The number of nitrogens with one attached hydrogen (secondary N) is 1. The van der Waals surface area contributed by atoms with Gasteiger partial charge in [-0.15, -0.1) is 0 Å². The van der Waals surface area contributed by atoms with Crippen LogP contribution in [0.25, 0.3) is 0 Å². The Kier molecular flexibility index (Phi) is 7.08. The lowest BCUT2D eigenvalue weighted by Gasteiger charge is -2.12. The molecule has 0 fully saturated rings. The molecule has 1 aromatic carbocycles.